The minimum Gasteiger partial charge on any atom is -0.453 e. The first-order valence-electron chi connectivity index (χ1n) is 20.8. The number of nitrogens with one attached hydrogen (secondary N) is 4. The van der Waals surface area contributed by atoms with Crippen LogP contribution in [0.15, 0.2) is 60.8 Å². The van der Waals surface area contributed by atoms with Gasteiger partial charge in [0.25, 0.3) is 0 Å². The zero-order chi connectivity index (χ0) is 42.2. The number of aromatic amines is 2. The van der Waals surface area contributed by atoms with Crippen LogP contribution in [-0.4, -0.2) is 92.6 Å². The number of amides is 4. The largest absolute Gasteiger partial charge is 0.453 e. The Bertz CT molecular complexity index is 2510. The lowest BCUT2D eigenvalue weighted by atomic mass is 9.95. The number of alkyl carbamates (subject to hydrolysis) is 2. The average Bonchev–Trinajstić information content (AvgIpc) is 4.11. The number of piperidine rings is 1. The Labute approximate surface area is 349 Å². The van der Waals surface area contributed by atoms with E-state index in [1.807, 2.05) is 68.0 Å². The maximum atomic E-state index is 14.0. The van der Waals surface area contributed by atoms with E-state index in [2.05, 4.69) is 62.8 Å². The molecule has 8 rings (SSSR count). The lowest BCUT2D eigenvalue weighted by Gasteiger charge is -2.37. The number of imidazole rings is 2. The van der Waals surface area contributed by atoms with Crippen LogP contribution in [0.2, 0.25) is 0 Å². The third kappa shape index (κ3) is 7.88. The smallest absolute Gasteiger partial charge is 0.407 e. The van der Waals surface area contributed by atoms with E-state index in [4.69, 9.17) is 19.4 Å². The third-order valence-corrected chi connectivity index (χ3v) is 12.4. The second-order valence-corrected chi connectivity index (χ2v) is 16.9. The molecule has 4 N–H and O–H groups in total. The Hall–Kier alpha value is -6.36. The van der Waals surface area contributed by atoms with Gasteiger partial charge in [0.1, 0.15) is 23.7 Å². The number of fused-ring (bicyclic) bond motifs is 4. The fourth-order valence-corrected chi connectivity index (χ4v) is 9.25. The molecule has 2 bridgehead atoms. The van der Waals surface area contributed by atoms with Crippen molar-refractivity contribution in [2.24, 2.45) is 17.8 Å². The standard InChI is InChI=1S/C46H52N8O6/c1-25(2)38(51-45(57)59-5)43(55)53-19-7-8-37(53)41-47-24-36(50-41)31-15-14-29-20-27(11-13-30(29)22-31)9-10-28-12-18-34-35(21-28)49-42(48-34)40-32-16-17-33(23-32)54(40)44(56)39(26(3)4)52-46(58)60-6/h11-15,18,20-22,24-26,32-33,37-40H,7-8,16-17,19,23H2,1-6H3,(H,47,50)(H,48,49)(H,51,57)(H,52,58)/t32-,33+,37-,38-,39-,40-/m0/s1. The first kappa shape index (κ1) is 40.4. The molecule has 2 aliphatic heterocycles. The van der Waals surface area contributed by atoms with Crippen LogP contribution in [0.5, 0.6) is 0 Å². The van der Waals surface area contributed by atoms with Crippen LogP contribution in [0.1, 0.15) is 94.7 Å². The second-order valence-electron chi connectivity index (χ2n) is 16.9. The molecule has 1 aliphatic carbocycles. The van der Waals surface area contributed by atoms with Gasteiger partial charge in [0.15, 0.2) is 0 Å². The molecule has 1 saturated carbocycles. The summed E-state index contributed by atoms with van der Waals surface area (Å²) in [5.74, 6) is 7.97. The van der Waals surface area contributed by atoms with Crippen molar-refractivity contribution in [3.8, 4) is 23.1 Å². The number of carbonyl (C=O) groups is 4. The van der Waals surface area contributed by atoms with Gasteiger partial charge in [-0.1, -0.05) is 57.7 Å². The minimum absolute atomic E-state index is 0.101. The zero-order valence-electron chi connectivity index (χ0n) is 34.9. The van der Waals surface area contributed by atoms with Gasteiger partial charge in [0.2, 0.25) is 11.8 Å². The number of carbonyl (C=O) groups excluding carboxylic acids is 4. The molecule has 3 fully saturated rings. The van der Waals surface area contributed by atoms with E-state index < -0.39 is 24.3 Å². The van der Waals surface area contributed by atoms with Crippen LogP contribution in [0.3, 0.4) is 0 Å². The van der Waals surface area contributed by atoms with Crippen molar-refractivity contribution in [1.82, 2.24) is 40.4 Å². The van der Waals surface area contributed by atoms with Crippen molar-refractivity contribution in [2.75, 3.05) is 20.8 Å². The van der Waals surface area contributed by atoms with Crippen LogP contribution in [-0.2, 0) is 19.1 Å². The highest BCUT2D eigenvalue weighted by molar-refractivity contribution is 5.89. The highest BCUT2D eigenvalue weighted by atomic mass is 16.5. The second kappa shape index (κ2) is 16.7. The molecule has 4 heterocycles. The number of rotatable bonds is 9. The summed E-state index contributed by atoms with van der Waals surface area (Å²) in [7, 11) is 2.59. The fraction of sp³-hybridized carbons (Fsp3) is 0.435. The van der Waals surface area contributed by atoms with Gasteiger partial charge in [-0.3, -0.25) is 9.59 Å². The minimum atomic E-state index is -0.692. The summed E-state index contributed by atoms with van der Waals surface area (Å²) in [4.78, 5) is 72.1. The highest BCUT2D eigenvalue weighted by Gasteiger charge is 2.51. The summed E-state index contributed by atoms with van der Waals surface area (Å²) >= 11 is 0. The van der Waals surface area contributed by atoms with E-state index >= 15 is 0 Å². The van der Waals surface area contributed by atoms with Gasteiger partial charge in [-0.2, -0.15) is 0 Å². The van der Waals surface area contributed by atoms with Gasteiger partial charge >= 0.3 is 12.2 Å². The van der Waals surface area contributed by atoms with Crippen molar-refractivity contribution in [1.29, 1.82) is 0 Å². The molecule has 14 heteroatoms. The summed E-state index contributed by atoms with van der Waals surface area (Å²) in [5.41, 5.74) is 5.23. The summed E-state index contributed by atoms with van der Waals surface area (Å²) in [5, 5.41) is 7.56. The van der Waals surface area contributed by atoms with Crippen molar-refractivity contribution in [3.05, 3.63) is 83.6 Å². The normalized spacial score (nSPS) is 20.7. The van der Waals surface area contributed by atoms with Gasteiger partial charge in [-0.05, 0) is 97.0 Å². The lowest BCUT2D eigenvalue weighted by Crippen LogP contribution is -2.54. The molecule has 3 aliphatic rings. The molecule has 312 valence electrons. The highest BCUT2D eigenvalue weighted by Crippen LogP contribution is 2.50. The average molecular weight is 813 g/mol. The maximum Gasteiger partial charge on any atom is 0.407 e. The maximum absolute atomic E-state index is 14.0. The van der Waals surface area contributed by atoms with Crippen molar-refractivity contribution in [3.63, 3.8) is 0 Å². The zero-order valence-corrected chi connectivity index (χ0v) is 34.9. The quantitative estimate of drug-likeness (QED) is 0.115. The molecule has 0 spiro atoms. The Morgan fingerprint density at radius 3 is 2.17 bits per heavy atom. The van der Waals surface area contributed by atoms with Gasteiger partial charge in [-0.25, -0.2) is 19.6 Å². The van der Waals surface area contributed by atoms with Crippen LogP contribution < -0.4 is 10.6 Å². The molecule has 14 nitrogen and oxygen atoms in total. The van der Waals surface area contributed by atoms with Crippen LogP contribution in [0.4, 0.5) is 9.59 Å². The Morgan fingerprint density at radius 2 is 1.45 bits per heavy atom. The summed E-state index contributed by atoms with van der Waals surface area (Å²) in [6.45, 7) is 8.24. The summed E-state index contributed by atoms with van der Waals surface area (Å²) in [6, 6.07) is 16.7. The molecule has 6 atom stereocenters. The molecule has 0 unspecified atom stereocenters. The van der Waals surface area contributed by atoms with Crippen LogP contribution >= 0.6 is 0 Å². The van der Waals surface area contributed by atoms with E-state index in [1.165, 1.54) is 14.2 Å². The summed E-state index contributed by atoms with van der Waals surface area (Å²) in [6.07, 6.45) is 5.09. The fourth-order valence-electron chi connectivity index (χ4n) is 9.25. The predicted molar refractivity (Wildman–Crippen MR) is 226 cm³/mol. The van der Waals surface area contributed by atoms with E-state index in [9.17, 15) is 19.2 Å². The van der Waals surface area contributed by atoms with Crippen molar-refractivity contribution >= 4 is 45.8 Å². The number of aromatic nitrogens is 4. The number of likely N-dealkylation sites (tertiary alicyclic amines) is 2. The first-order chi connectivity index (χ1) is 28.9. The molecule has 3 aromatic carbocycles. The molecule has 5 aromatic rings. The van der Waals surface area contributed by atoms with Crippen LogP contribution in [0.25, 0.3) is 33.1 Å². The van der Waals surface area contributed by atoms with E-state index in [0.29, 0.717) is 12.5 Å². The Morgan fingerprint density at radius 1 is 0.783 bits per heavy atom. The first-order valence-corrected chi connectivity index (χ1v) is 20.8. The molecule has 4 amide bonds. The molecule has 2 saturated heterocycles. The van der Waals surface area contributed by atoms with E-state index in [1.54, 1.807) is 0 Å². The van der Waals surface area contributed by atoms with E-state index in [0.717, 1.165) is 87.9 Å². The number of hydrogen-bond acceptors (Lipinski definition) is 8. The molecule has 60 heavy (non-hydrogen) atoms. The molecule has 2 aromatic heterocycles. The summed E-state index contributed by atoms with van der Waals surface area (Å²) < 4.78 is 9.59. The number of methoxy groups -OCH3 is 2. The van der Waals surface area contributed by atoms with E-state index in [-0.39, 0.29) is 41.8 Å². The van der Waals surface area contributed by atoms with Crippen LogP contribution in [0, 0.1) is 29.6 Å². The SMILES string of the molecule is COC(=O)N[C@H](C(=O)N1CCC[C@H]1c1ncc(-c2ccc3cc(C#Cc4ccc5nc([C@@H]6[C@H]7CC[C@H](C7)N6C(=O)[C@@H](NC(=O)OC)C(C)C)[nH]c5c4)ccc3c2)[nH]1)C(C)C. The van der Waals surface area contributed by atoms with Crippen molar-refractivity contribution < 1.29 is 28.7 Å². The van der Waals surface area contributed by atoms with Crippen molar-refractivity contribution in [2.45, 2.75) is 90.0 Å². The Kier molecular flexibility index (Phi) is 11.3. The lowest BCUT2D eigenvalue weighted by molar-refractivity contribution is -0.139. The number of ether oxygens (including phenoxy) is 2. The Balaban J connectivity index is 0.967. The van der Waals surface area contributed by atoms with Gasteiger partial charge < -0.3 is 39.9 Å². The molecular formula is C46H52N8O6. The number of hydrogen-bond donors (Lipinski definition) is 4. The molecular weight excluding hydrogens is 761 g/mol. The predicted octanol–water partition coefficient (Wildman–Crippen LogP) is 6.98. The van der Waals surface area contributed by atoms with Gasteiger partial charge in [0.05, 0.1) is 49.2 Å². The topological polar surface area (TPSA) is 175 Å². The molecule has 0 radical (unpaired) electrons. The number of H-pyrrole nitrogens is 2. The monoisotopic (exact) mass is 812 g/mol. The third-order valence-electron chi connectivity index (χ3n) is 12.4. The number of benzene rings is 3. The van der Waals surface area contributed by atoms with Gasteiger partial charge in [-0.15, -0.1) is 0 Å². The number of nitrogens with zero attached hydrogens (tertiary/aromatic N) is 4. The van der Waals surface area contributed by atoms with Gasteiger partial charge in [0, 0.05) is 29.3 Å².